The van der Waals surface area contributed by atoms with E-state index in [-0.39, 0.29) is 0 Å². The maximum Gasteiger partial charge on any atom is 0.367 e. The summed E-state index contributed by atoms with van der Waals surface area (Å²) in [6, 6.07) is 18.5. The Labute approximate surface area is 127 Å². The maximum atomic E-state index is 11.9. The molecule has 0 radical (unpaired) electrons. The molecule has 0 N–H and O–H groups in total. The van der Waals surface area contributed by atoms with E-state index in [1.54, 1.807) is 6.92 Å². The van der Waals surface area contributed by atoms with Crippen molar-refractivity contribution in [3.63, 3.8) is 0 Å². The Bertz CT molecular complexity index is 929. The molecule has 0 aliphatic carbocycles. The maximum absolute atomic E-state index is 11.9. The molecule has 0 saturated carbocycles. The van der Waals surface area contributed by atoms with Crippen LogP contribution in [0.4, 0.5) is 0 Å². The third kappa shape index (κ3) is 1.91. The molecule has 3 aromatic rings. The number of hydrogen-bond acceptors (Lipinski definition) is 3. The first-order valence-electron chi connectivity index (χ1n) is 7.12. The van der Waals surface area contributed by atoms with Crippen LogP contribution < -0.4 is 0 Å². The van der Waals surface area contributed by atoms with Crippen LogP contribution in [0.5, 0.6) is 0 Å². The highest BCUT2D eigenvalue weighted by Crippen LogP contribution is 2.31. The summed E-state index contributed by atoms with van der Waals surface area (Å²) in [5, 5.41) is 8.27. The first kappa shape index (κ1) is 12.8. The summed E-state index contributed by atoms with van der Waals surface area (Å²) in [6.07, 6.45) is 1.89. The Balaban J connectivity index is 2.11. The number of carbonyl (C=O) groups excluding carboxylic acids is 1. The Kier molecular flexibility index (Phi) is 2.79. The van der Waals surface area contributed by atoms with Crippen LogP contribution in [0.25, 0.3) is 27.6 Å². The van der Waals surface area contributed by atoms with Crippen molar-refractivity contribution in [2.24, 2.45) is 5.16 Å². The summed E-state index contributed by atoms with van der Waals surface area (Å²) in [5.41, 5.74) is 2.15. The van der Waals surface area contributed by atoms with Crippen LogP contribution in [0.15, 0.2) is 65.3 Å². The number of benzene rings is 3. The van der Waals surface area contributed by atoms with Crippen LogP contribution in [-0.4, -0.2) is 11.7 Å². The quantitative estimate of drug-likeness (QED) is 0.380. The fourth-order valence-electron chi connectivity index (χ4n) is 2.87. The Hall–Kier alpha value is -2.94. The van der Waals surface area contributed by atoms with Gasteiger partial charge in [0.15, 0.2) is 0 Å². The molecule has 0 fully saturated rings. The van der Waals surface area contributed by atoms with E-state index in [2.05, 4.69) is 35.5 Å². The van der Waals surface area contributed by atoms with E-state index in [9.17, 15) is 4.79 Å². The number of fused-ring (bicyclic) bond motifs is 2. The summed E-state index contributed by atoms with van der Waals surface area (Å²) in [4.78, 5) is 16.6. The summed E-state index contributed by atoms with van der Waals surface area (Å²) >= 11 is 0. The minimum absolute atomic E-state index is 0.394. The molecule has 3 nitrogen and oxygen atoms in total. The third-order valence-electron chi connectivity index (χ3n) is 3.98. The first-order valence-corrected chi connectivity index (χ1v) is 7.12. The molecule has 4 rings (SSSR count). The number of rotatable bonds is 1. The fourth-order valence-corrected chi connectivity index (χ4v) is 2.87. The molecular weight excluding hydrogens is 274 g/mol. The highest BCUT2D eigenvalue weighted by atomic mass is 16.7. The largest absolute Gasteiger partial charge is 0.367 e. The molecule has 1 aliphatic rings. The van der Waals surface area contributed by atoms with E-state index in [0.29, 0.717) is 11.3 Å². The molecule has 106 valence electrons. The molecule has 0 atom stereocenters. The SMILES string of the molecule is CC1=NOC(=O)C1=Cc1c2ccccc2cc2ccccc12. The molecule has 1 aliphatic heterocycles. The Morgan fingerprint density at radius 3 is 2.09 bits per heavy atom. The highest BCUT2D eigenvalue weighted by Gasteiger charge is 2.22. The van der Waals surface area contributed by atoms with E-state index in [1.807, 2.05) is 30.3 Å². The van der Waals surface area contributed by atoms with E-state index in [0.717, 1.165) is 27.1 Å². The van der Waals surface area contributed by atoms with Crippen molar-refractivity contribution in [3.05, 3.63) is 65.7 Å². The van der Waals surface area contributed by atoms with Gasteiger partial charge in [-0.15, -0.1) is 0 Å². The second-order valence-electron chi connectivity index (χ2n) is 5.35. The zero-order valence-electron chi connectivity index (χ0n) is 12.0. The summed E-state index contributed by atoms with van der Waals surface area (Å²) in [5.74, 6) is -0.394. The summed E-state index contributed by atoms with van der Waals surface area (Å²) in [7, 11) is 0. The van der Waals surface area contributed by atoms with Crippen molar-refractivity contribution in [1.82, 2.24) is 0 Å². The van der Waals surface area contributed by atoms with Crippen molar-refractivity contribution in [2.75, 3.05) is 0 Å². The minimum atomic E-state index is -0.394. The third-order valence-corrected chi connectivity index (χ3v) is 3.98. The summed E-state index contributed by atoms with van der Waals surface area (Å²) in [6.45, 7) is 1.78. The second-order valence-corrected chi connectivity index (χ2v) is 5.35. The zero-order chi connectivity index (χ0) is 15.1. The van der Waals surface area contributed by atoms with Gasteiger partial charge in [-0.3, -0.25) is 0 Å². The van der Waals surface area contributed by atoms with Gasteiger partial charge in [0.25, 0.3) is 0 Å². The Morgan fingerprint density at radius 1 is 0.955 bits per heavy atom. The molecular formula is C19H13NO2. The predicted molar refractivity (Wildman–Crippen MR) is 88.6 cm³/mol. The van der Waals surface area contributed by atoms with Gasteiger partial charge in [0.2, 0.25) is 0 Å². The molecule has 22 heavy (non-hydrogen) atoms. The average molecular weight is 287 g/mol. The van der Waals surface area contributed by atoms with Crippen LogP contribution in [-0.2, 0) is 9.63 Å². The normalized spacial score (nSPS) is 16.3. The van der Waals surface area contributed by atoms with Gasteiger partial charge in [0.05, 0.1) is 11.3 Å². The smallest absolute Gasteiger partial charge is 0.312 e. The van der Waals surface area contributed by atoms with Gasteiger partial charge < -0.3 is 4.84 Å². The highest BCUT2D eigenvalue weighted by molar-refractivity contribution is 6.25. The van der Waals surface area contributed by atoms with Crippen LogP contribution in [0.2, 0.25) is 0 Å². The molecule has 0 saturated heterocycles. The van der Waals surface area contributed by atoms with Gasteiger partial charge in [0, 0.05) is 0 Å². The van der Waals surface area contributed by atoms with Gasteiger partial charge in [-0.1, -0.05) is 53.7 Å². The molecule has 3 heteroatoms. The van der Waals surface area contributed by atoms with E-state index in [4.69, 9.17) is 4.84 Å². The lowest BCUT2D eigenvalue weighted by Gasteiger charge is -2.09. The van der Waals surface area contributed by atoms with Gasteiger partial charge in [-0.05, 0) is 46.2 Å². The van der Waals surface area contributed by atoms with Crippen molar-refractivity contribution >= 4 is 39.3 Å². The Morgan fingerprint density at radius 2 is 1.55 bits per heavy atom. The lowest BCUT2D eigenvalue weighted by Crippen LogP contribution is -2.02. The van der Waals surface area contributed by atoms with Gasteiger partial charge in [-0.2, -0.15) is 0 Å². The lowest BCUT2D eigenvalue weighted by atomic mass is 9.95. The van der Waals surface area contributed by atoms with Crippen LogP contribution in [0.1, 0.15) is 12.5 Å². The van der Waals surface area contributed by atoms with Crippen LogP contribution in [0.3, 0.4) is 0 Å². The molecule has 0 aromatic heterocycles. The molecule has 0 spiro atoms. The van der Waals surface area contributed by atoms with Crippen molar-refractivity contribution in [3.8, 4) is 0 Å². The molecule has 0 bridgehead atoms. The number of carbonyl (C=O) groups is 1. The molecule has 0 unspecified atom stereocenters. The lowest BCUT2D eigenvalue weighted by molar-refractivity contribution is -0.136. The monoisotopic (exact) mass is 287 g/mol. The number of nitrogens with zero attached hydrogens (tertiary/aromatic N) is 1. The average Bonchev–Trinajstić information content (AvgIpc) is 2.86. The predicted octanol–water partition coefficient (Wildman–Crippen LogP) is 4.31. The van der Waals surface area contributed by atoms with E-state index >= 15 is 0 Å². The van der Waals surface area contributed by atoms with E-state index in [1.165, 1.54) is 0 Å². The van der Waals surface area contributed by atoms with Crippen molar-refractivity contribution in [1.29, 1.82) is 0 Å². The van der Waals surface area contributed by atoms with E-state index < -0.39 is 5.97 Å². The zero-order valence-corrected chi connectivity index (χ0v) is 12.0. The van der Waals surface area contributed by atoms with Gasteiger partial charge in [0.1, 0.15) is 0 Å². The summed E-state index contributed by atoms with van der Waals surface area (Å²) < 4.78 is 0. The number of hydrogen-bond donors (Lipinski definition) is 0. The van der Waals surface area contributed by atoms with Crippen LogP contribution in [0, 0.1) is 0 Å². The first-order chi connectivity index (χ1) is 10.7. The minimum Gasteiger partial charge on any atom is -0.312 e. The molecule has 1 heterocycles. The van der Waals surface area contributed by atoms with Crippen molar-refractivity contribution in [2.45, 2.75) is 6.92 Å². The van der Waals surface area contributed by atoms with Crippen LogP contribution >= 0.6 is 0 Å². The molecule has 0 amide bonds. The fraction of sp³-hybridized carbons (Fsp3) is 0.0526. The van der Waals surface area contributed by atoms with Gasteiger partial charge in [-0.25, -0.2) is 4.79 Å². The molecule has 3 aromatic carbocycles. The van der Waals surface area contributed by atoms with Gasteiger partial charge >= 0.3 is 5.97 Å². The standard InChI is InChI=1S/C19H13NO2/c1-12-17(19(21)22-20-12)11-18-15-8-4-2-6-13(15)10-14-7-3-5-9-16(14)18/h2-11H,1H3. The topological polar surface area (TPSA) is 38.7 Å². The second kappa shape index (κ2) is 4.81. The number of oxime groups is 1. The van der Waals surface area contributed by atoms with Crippen molar-refractivity contribution < 1.29 is 9.63 Å².